The van der Waals surface area contributed by atoms with E-state index in [-0.39, 0.29) is 0 Å². The van der Waals surface area contributed by atoms with Crippen LogP contribution in [0.3, 0.4) is 0 Å². The van der Waals surface area contributed by atoms with E-state index in [0.29, 0.717) is 0 Å². The number of aryl methyl sites for hydroxylation is 1. The molecule has 2 aromatic rings. The summed E-state index contributed by atoms with van der Waals surface area (Å²) < 4.78 is 1.83. The highest BCUT2D eigenvalue weighted by molar-refractivity contribution is 5.79. The molecule has 1 aliphatic rings. The van der Waals surface area contributed by atoms with Crippen molar-refractivity contribution in [3.63, 3.8) is 0 Å². The summed E-state index contributed by atoms with van der Waals surface area (Å²) in [4.78, 5) is 2.40. The normalized spacial score (nSPS) is 14.2. The number of aromatic nitrogens is 2. The largest absolute Gasteiger partial charge is 0.382 e. The Labute approximate surface area is 107 Å². The minimum atomic E-state index is 1.01. The van der Waals surface area contributed by atoms with Gasteiger partial charge in [0, 0.05) is 38.4 Å². The molecule has 4 heteroatoms. The summed E-state index contributed by atoms with van der Waals surface area (Å²) in [6, 6.07) is 6.59. The first kappa shape index (κ1) is 11.1. The molecular weight excluding hydrogens is 224 g/mol. The van der Waals surface area contributed by atoms with Crippen molar-refractivity contribution in [2.75, 3.05) is 29.9 Å². The average Bonchev–Trinajstić information content (AvgIpc) is 2.84. The first-order chi connectivity index (χ1) is 8.78. The first-order valence-electron chi connectivity index (χ1n) is 6.40. The second-order valence-corrected chi connectivity index (χ2v) is 4.64. The molecule has 3 rings (SSSR count). The van der Waals surface area contributed by atoms with E-state index in [9.17, 15) is 0 Å². The molecule has 1 aromatic carbocycles. The first-order valence-corrected chi connectivity index (χ1v) is 6.40. The summed E-state index contributed by atoms with van der Waals surface area (Å²) in [5.74, 6) is 0. The molecule has 94 valence electrons. The van der Waals surface area contributed by atoms with E-state index in [1.807, 2.05) is 24.1 Å². The minimum Gasteiger partial charge on any atom is -0.382 e. The van der Waals surface area contributed by atoms with Crippen LogP contribution in [-0.2, 0) is 7.05 Å². The van der Waals surface area contributed by atoms with Gasteiger partial charge in [0.05, 0.1) is 17.6 Å². The number of likely N-dealkylation sites (N-methyl/N-ethyl adjacent to an activating group) is 1. The fraction of sp³-hybridized carbons (Fsp3) is 0.357. The predicted molar refractivity (Wildman–Crippen MR) is 75.0 cm³/mol. The number of rotatable bonds is 2. The van der Waals surface area contributed by atoms with Gasteiger partial charge < -0.3 is 10.2 Å². The molecule has 0 fully saturated rings. The minimum absolute atomic E-state index is 1.01. The third kappa shape index (κ3) is 1.83. The molecule has 0 unspecified atom stereocenters. The molecule has 1 aromatic heterocycles. The summed E-state index contributed by atoms with van der Waals surface area (Å²) >= 11 is 0. The molecule has 0 bridgehead atoms. The van der Waals surface area contributed by atoms with Crippen molar-refractivity contribution >= 4 is 11.4 Å². The molecule has 2 heterocycles. The Morgan fingerprint density at radius 2 is 2.22 bits per heavy atom. The average molecular weight is 242 g/mol. The Hall–Kier alpha value is -1.97. The van der Waals surface area contributed by atoms with Crippen LogP contribution < -0.4 is 10.2 Å². The predicted octanol–water partition coefficient (Wildman–Crippen LogP) is 2.34. The number of benzene rings is 1. The van der Waals surface area contributed by atoms with Gasteiger partial charge in [-0.05, 0) is 24.6 Å². The second-order valence-electron chi connectivity index (χ2n) is 4.64. The van der Waals surface area contributed by atoms with Gasteiger partial charge in [-0.15, -0.1) is 0 Å². The van der Waals surface area contributed by atoms with E-state index < -0.39 is 0 Å². The van der Waals surface area contributed by atoms with Gasteiger partial charge in [0.1, 0.15) is 0 Å². The van der Waals surface area contributed by atoms with Crippen molar-refractivity contribution < 1.29 is 0 Å². The quantitative estimate of drug-likeness (QED) is 0.877. The Balaban J connectivity index is 2.00. The molecule has 0 radical (unpaired) electrons. The monoisotopic (exact) mass is 242 g/mol. The molecular formula is C14H18N4. The second kappa shape index (κ2) is 4.37. The zero-order valence-corrected chi connectivity index (χ0v) is 10.8. The van der Waals surface area contributed by atoms with Crippen LogP contribution in [0.5, 0.6) is 0 Å². The van der Waals surface area contributed by atoms with Gasteiger partial charge in [0.2, 0.25) is 0 Å². The summed E-state index contributed by atoms with van der Waals surface area (Å²) in [6.07, 6.45) is 3.95. The van der Waals surface area contributed by atoms with Crippen molar-refractivity contribution in [1.82, 2.24) is 9.78 Å². The van der Waals surface area contributed by atoms with Crippen LogP contribution in [-0.4, -0.2) is 29.4 Å². The van der Waals surface area contributed by atoms with Crippen LogP contribution in [0.1, 0.15) is 6.92 Å². The maximum Gasteiger partial charge on any atom is 0.0602 e. The van der Waals surface area contributed by atoms with Gasteiger partial charge in [-0.2, -0.15) is 5.10 Å². The van der Waals surface area contributed by atoms with E-state index in [1.54, 1.807) is 0 Å². The summed E-state index contributed by atoms with van der Waals surface area (Å²) in [7, 11) is 1.94. The standard InChI is InChI=1S/C14H18N4/c1-3-18-7-6-15-13-8-11(4-5-14(13)18)12-9-16-17(2)10-12/h4-5,8-10,15H,3,6-7H2,1-2H3. The number of anilines is 2. The highest BCUT2D eigenvalue weighted by Crippen LogP contribution is 2.33. The molecule has 0 spiro atoms. The van der Waals surface area contributed by atoms with Crippen LogP contribution >= 0.6 is 0 Å². The molecule has 0 atom stereocenters. The maximum absolute atomic E-state index is 4.22. The Morgan fingerprint density at radius 1 is 1.33 bits per heavy atom. The smallest absolute Gasteiger partial charge is 0.0602 e. The van der Waals surface area contributed by atoms with Crippen molar-refractivity contribution in [2.24, 2.45) is 7.05 Å². The summed E-state index contributed by atoms with van der Waals surface area (Å²) in [5, 5.41) is 7.70. The van der Waals surface area contributed by atoms with E-state index in [0.717, 1.165) is 25.2 Å². The number of nitrogens with one attached hydrogen (secondary N) is 1. The number of fused-ring (bicyclic) bond motifs is 1. The highest BCUT2D eigenvalue weighted by atomic mass is 15.2. The maximum atomic E-state index is 4.22. The molecule has 0 saturated heterocycles. The number of nitrogens with zero attached hydrogens (tertiary/aromatic N) is 3. The lowest BCUT2D eigenvalue weighted by Gasteiger charge is -2.31. The van der Waals surface area contributed by atoms with Crippen molar-refractivity contribution in [1.29, 1.82) is 0 Å². The summed E-state index contributed by atoms with van der Waals surface area (Å²) in [5.41, 5.74) is 4.91. The highest BCUT2D eigenvalue weighted by Gasteiger charge is 2.15. The van der Waals surface area contributed by atoms with Gasteiger partial charge in [0.25, 0.3) is 0 Å². The van der Waals surface area contributed by atoms with E-state index in [2.05, 4.69) is 40.4 Å². The van der Waals surface area contributed by atoms with Gasteiger partial charge in [-0.3, -0.25) is 4.68 Å². The topological polar surface area (TPSA) is 33.1 Å². The number of hydrogen-bond donors (Lipinski definition) is 1. The zero-order chi connectivity index (χ0) is 12.5. The third-order valence-corrected chi connectivity index (χ3v) is 3.45. The molecule has 0 aliphatic carbocycles. The Bertz CT molecular complexity index is 559. The number of hydrogen-bond acceptors (Lipinski definition) is 3. The van der Waals surface area contributed by atoms with Crippen molar-refractivity contribution in [3.8, 4) is 11.1 Å². The Kier molecular flexibility index (Phi) is 2.70. The SMILES string of the molecule is CCN1CCNc2cc(-c3cnn(C)c3)ccc21. The van der Waals surface area contributed by atoms with E-state index in [4.69, 9.17) is 0 Å². The van der Waals surface area contributed by atoms with E-state index >= 15 is 0 Å². The van der Waals surface area contributed by atoms with Gasteiger partial charge in [0.15, 0.2) is 0 Å². The molecule has 4 nitrogen and oxygen atoms in total. The van der Waals surface area contributed by atoms with Crippen LogP contribution in [0.2, 0.25) is 0 Å². The van der Waals surface area contributed by atoms with Crippen molar-refractivity contribution in [2.45, 2.75) is 6.92 Å². The summed E-state index contributed by atoms with van der Waals surface area (Å²) in [6.45, 7) is 5.35. The van der Waals surface area contributed by atoms with Gasteiger partial charge >= 0.3 is 0 Å². The zero-order valence-electron chi connectivity index (χ0n) is 10.8. The van der Waals surface area contributed by atoms with E-state index in [1.165, 1.54) is 16.9 Å². The molecule has 0 amide bonds. The molecule has 1 N–H and O–H groups in total. The lowest BCUT2D eigenvalue weighted by molar-refractivity contribution is 0.768. The molecule has 1 aliphatic heterocycles. The van der Waals surface area contributed by atoms with Crippen LogP contribution in [0.15, 0.2) is 30.6 Å². The molecule has 0 saturated carbocycles. The lowest BCUT2D eigenvalue weighted by atomic mass is 10.1. The van der Waals surface area contributed by atoms with Gasteiger partial charge in [-0.1, -0.05) is 6.07 Å². The van der Waals surface area contributed by atoms with Crippen molar-refractivity contribution in [3.05, 3.63) is 30.6 Å². The van der Waals surface area contributed by atoms with Gasteiger partial charge in [-0.25, -0.2) is 0 Å². The third-order valence-electron chi connectivity index (χ3n) is 3.45. The fourth-order valence-corrected chi connectivity index (χ4v) is 2.48. The van der Waals surface area contributed by atoms with Crippen LogP contribution in [0.25, 0.3) is 11.1 Å². The lowest BCUT2D eigenvalue weighted by Crippen LogP contribution is -2.33. The van der Waals surface area contributed by atoms with Crippen LogP contribution in [0.4, 0.5) is 11.4 Å². The fourth-order valence-electron chi connectivity index (χ4n) is 2.48. The van der Waals surface area contributed by atoms with Crippen LogP contribution in [0, 0.1) is 0 Å². The Morgan fingerprint density at radius 3 is 2.94 bits per heavy atom. The molecule has 18 heavy (non-hydrogen) atoms.